The normalized spacial score (nSPS) is 23.4. The van der Waals surface area contributed by atoms with Gasteiger partial charge in [0.1, 0.15) is 0 Å². The Morgan fingerprint density at radius 2 is 2.10 bits per heavy atom. The third-order valence-corrected chi connectivity index (χ3v) is 4.34. The lowest BCUT2D eigenvalue weighted by Gasteiger charge is -2.36. The van der Waals surface area contributed by atoms with E-state index in [-0.39, 0.29) is 23.3 Å². The van der Waals surface area contributed by atoms with Crippen LogP contribution in [0.3, 0.4) is 0 Å². The highest BCUT2D eigenvalue weighted by Gasteiger charge is 2.38. The third-order valence-electron chi connectivity index (χ3n) is 4.34. The van der Waals surface area contributed by atoms with E-state index in [2.05, 4.69) is 22.9 Å². The first-order chi connectivity index (χ1) is 10.0. The number of carbonyl (C=O) groups is 2. The quantitative estimate of drug-likeness (QED) is 0.637. The van der Waals surface area contributed by atoms with Crippen LogP contribution in [-0.4, -0.2) is 37.5 Å². The molecule has 3 N–H and O–H groups in total. The monoisotopic (exact) mass is 297 g/mol. The van der Waals surface area contributed by atoms with Crippen LogP contribution in [0.15, 0.2) is 0 Å². The molecule has 0 radical (unpaired) electrons. The summed E-state index contributed by atoms with van der Waals surface area (Å²) in [5, 5.41) is 9.21. The molecule has 5 heteroatoms. The number of nitrogens with one attached hydrogen (secondary N) is 3. The largest absolute Gasteiger partial charge is 0.355 e. The first kappa shape index (κ1) is 18.0. The van der Waals surface area contributed by atoms with Crippen molar-refractivity contribution in [2.24, 2.45) is 5.41 Å². The zero-order valence-corrected chi connectivity index (χ0v) is 13.8. The van der Waals surface area contributed by atoms with Crippen LogP contribution in [0.5, 0.6) is 0 Å². The molecular weight excluding hydrogens is 266 g/mol. The van der Waals surface area contributed by atoms with Gasteiger partial charge in [-0.1, -0.05) is 20.3 Å². The van der Waals surface area contributed by atoms with Crippen molar-refractivity contribution >= 4 is 11.8 Å². The molecule has 0 aliphatic carbocycles. The van der Waals surface area contributed by atoms with E-state index < -0.39 is 0 Å². The van der Waals surface area contributed by atoms with Crippen LogP contribution in [0.1, 0.15) is 59.3 Å². The Bertz CT molecular complexity index is 333. The molecule has 0 aromatic heterocycles. The molecule has 1 aliphatic rings. The molecule has 122 valence electrons. The third kappa shape index (κ3) is 5.65. The molecule has 1 heterocycles. The number of rotatable bonds is 8. The van der Waals surface area contributed by atoms with E-state index in [1.807, 2.05) is 13.8 Å². The summed E-state index contributed by atoms with van der Waals surface area (Å²) in [4.78, 5) is 24.2. The summed E-state index contributed by atoms with van der Waals surface area (Å²) in [5.41, 5.74) is -0.278. The number of piperidine rings is 1. The number of hydrogen-bond acceptors (Lipinski definition) is 3. The average Bonchev–Trinajstić information content (AvgIpc) is 2.48. The van der Waals surface area contributed by atoms with Gasteiger partial charge in [-0.3, -0.25) is 9.59 Å². The van der Waals surface area contributed by atoms with Crippen molar-refractivity contribution in [2.75, 3.05) is 19.6 Å². The van der Waals surface area contributed by atoms with Crippen molar-refractivity contribution in [1.29, 1.82) is 0 Å². The summed E-state index contributed by atoms with van der Waals surface area (Å²) in [6.45, 7) is 8.31. The average molecular weight is 297 g/mol. The van der Waals surface area contributed by atoms with Crippen LogP contribution in [-0.2, 0) is 9.59 Å². The topological polar surface area (TPSA) is 70.2 Å². The minimum absolute atomic E-state index is 0.0101. The van der Waals surface area contributed by atoms with Gasteiger partial charge < -0.3 is 16.0 Å². The molecule has 0 spiro atoms. The Hall–Kier alpha value is -1.10. The van der Waals surface area contributed by atoms with Gasteiger partial charge in [-0.15, -0.1) is 0 Å². The van der Waals surface area contributed by atoms with E-state index in [0.717, 1.165) is 45.2 Å². The minimum atomic E-state index is -0.278. The van der Waals surface area contributed by atoms with Crippen LogP contribution in [0, 0.1) is 5.41 Å². The lowest BCUT2D eigenvalue weighted by molar-refractivity contribution is -0.132. The van der Waals surface area contributed by atoms with Crippen LogP contribution < -0.4 is 16.0 Å². The van der Waals surface area contributed by atoms with Gasteiger partial charge in [0.15, 0.2) is 0 Å². The lowest BCUT2D eigenvalue weighted by Crippen LogP contribution is -2.51. The predicted molar refractivity (Wildman–Crippen MR) is 85.0 cm³/mol. The first-order valence-electron chi connectivity index (χ1n) is 8.32. The molecule has 1 fully saturated rings. The van der Waals surface area contributed by atoms with Gasteiger partial charge in [-0.25, -0.2) is 0 Å². The smallest absolute Gasteiger partial charge is 0.227 e. The van der Waals surface area contributed by atoms with Crippen LogP contribution >= 0.6 is 0 Å². The highest BCUT2D eigenvalue weighted by atomic mass is 16.2. The van der Waals surface area contributed by atoms with Crippen LogP contribution in [0.2, 0.25) is 0 Å². The maximum atomic E-state index is 12.5. The molecular formula is C16H31N3O2. The second-order valence-electron chi connectivity index (χ2n) is 6.19. The van der Waals surface area contributed by atoms with E-state index >= 15 is 0 Å². The number of carbonyl (C=O) groups excluding carboxylic acids is 2. The fraction of sp³-hybridized carbons (Fsp3) is 0.875. The van der Waals surface area contributed by atoms with E-state index in [1.54, 1.807) is 0 Å². The van der Waals surface area contributed by atoms with Gasteiger partial charge >= 0.3 is 0 Å². The van der Waals surface area contributed by atoms with Gasteiger partial charge in [0.2, 0.25) is 11.8 Å². The van der Waals surface area contributed by atoms with E-state index in [4.69, 9.17) is 0 Å². The van der Waals surface area contributed by atoms with Gasteiger partial charge in [0.25, 0.3) is 0 Å². The predicted octanol–water partition coefficient (Wildman–Crippen LogP) is 1.58. The molecule has 1 aliphatic heterocycles. The molecule has 1 rings (SSSR count). The van der Waals surface area contributed by atoms with Gasteiger partial charge in [-0.05, 0) is 39.2 Å². The Kier molecular flexibility index (Phi) is 7.72. The van der Waals surface area contributed by atoms with Crippen molar-refractivity contribution in [3.63, 3.8) is 0 Å². The van der Waals surface area contributed by atoms with E-state index in [1.165, 1.54) is 0 Å². The Morgan fingerprint density at radius 1 is 1.33 bits per heavy atom. The van der Waals surface area contributed by atoms with Crippen molar-refractivity contribution < 1.29 is 9.59 Å². The number of amides is 2. The Morgan fingerprint density at radius 3 is 2.67 bits per heavy atom. The molecule has 2 unspecified atom stereocenters. The summed E-state index contributed by atoms with van der Waals surface area (Å²) in [6.07, 6.45) is 5.17. The zero-order chi connectivity index (χ0) is 15.7. The molecule has 0 aromatic rings. The van der Waals surface area contributed by atoms with E-state index in [9.17, 15) is 9.59 Å². The molecule has 0 aromatic carbocycles. The molecule has 1 saturated heterocycles. The first-order valence-corrected chi connectivity index (χ1v) is 8.32. The number of hydrogen-bond donors (Lipinski definition) is 3. The maximum Gasteiger partial charge on any atom is 0.227 e. The van der Waals surface area contributed by atoms with Gasteiger partial charge in [0.05, 0.1) is 5.41 Å². The summed E-state index contributed by atoms with van der Waals surface area (Å²) >= 11 is 0. The van der Waals surface area contributed by atoms with Gasteiger partial charge in [0, 0.05) is 25.6 Å². The van der Waals surface area contributed by atoms with Crippen molar-refractivity contribution in [3.05, 3.63) is 0 Å². The molecule has 21 heavy (non-hydrogen) atoms. The summed E-state index contributed by atoms with van der Waals surface area (Å²) < 4.78 is 0. The molecule has 5 nitrogen and oxygen atoms in total. The molecule has 2 amide bonds. The Labute approximate surface area is 128 Å². The summed E-state index contributed by atoms with van der Waals surface area (Å²) in [5.74, 6) is 0.115. The summed E-state index contributed by atoms with van der Waals surface area (Å²) in [6, 6.07) is 0.196. The second kappa shape index (κ2) is 9.03. The van der Waals surface area contributed by atoms with Crippen molar-refractivity contribution in [1.82, 2.24) is 16.0 Å². The fourth-order valence-electron chi connectivity index (χ4n) is 2.89. The highest BCUT2D eigenvalue weighted by molar-refractivity contribution is 5.84. The van der Waals surface area contributed by atoms with Gasteiger partial charge in [-0.2, -0.15) is 0 Å². The molecule has 2 atom stereocenters. The summed E-state index contributed by atoms with van der Waals surface area (Å²) in [7, 11) is 0. The van der Waals surface area contributed by atoms with Crippen molar-refractivity contribution in [2.45, 2.75) is 65.3 Å². The zero-order valence-electron chi connectivity index (χ0n) is 13.8. The standard InChI is InChI=1S/C16H31N3O2/c1-4-8-16(9-6-10-17-12-16)15(21)18-11-7-14(20)19-13(3)5-2/h13,17H,4-12H2,1-3H3,(H,18,21)(H,19,20). The maximum absolute atomic E-state index is 12.5. The molecule has 0 saturated carbocycles. The lowest BCUT2D eigenvalue weighted by atomic mass is 9.76. The van der Waals surface area contributed by atoms with Crippen LogP contribution in [0.4, 0.5) is 0 Å². The highest BCUT2D eigenvalue weighted by Crippen LogP contribution is 2.31. The van der Waals surface area contributed by atoms with E-state index in [0.29, 0.717) is 13.0 Å². The molecule has 0 bridgehead atoms. The Balaban J connectivity index is 2.38. The minimum Gasteiger partial charge on any atom is -0.355 e. The van der Waals surface area contributed by atoms with Crippen molar-refractivity contribution in [3.8, 4) is 0 Å². The second-order valence-corrected chi connectivity index (χ2v) is 6.19. The SMILES string of the molecule is CCCC1(C(=O)NCCC(=O)NC(C)CC)CCCNC1. The van der Waals surface area contributed by atoms with Crippen LogP contribution in [0.25, 0.3) is 0 Å². The fourth-order valence-corrected chi connectivity index (χ4v) is 2.89.